The van der Waals surface area contributed by atoms with Crippen molar-refractivity contribution in [1.29, 1.82) is 0 Å². The average molecular weight is 412 g/mol. The van der Waals surface area contributed by atoms with Crippen molar-refractivity contribution in [2.24, 2.45) is 0 Å². The second-order valence-electron chi connectivity index (χ2n) is 6.68. The number of benzene rings is 1. The van der Waals surface area contributed by atoms with Gasteiger partial charge in [0.05, 0.1) is 11.2 Å². The van der Waals surface area contributed by atoms with Crippen molar-refractivity contribution in [3.05, 3.63) is 75.2 Å². The van der Waals surface area contributed by atoms with Crippen LogP contribution in [0.2, 0.25) is 0 Å². The van der Waals surface area contributed by atoms with Crippen LogP contribution >= 0.6 is 11.3 Å². The van der Waals surface area contributed by atoms with E-state index in [9.17, 15) is 14.0 Å². The van der Waals surface area contributed by atoms with Crippen molar-refractivity contribution in [2.75, 3.05) is 18.9 Å². The van der Waals surface area contributed by atoms with Crippen molar-refractivity contribution in [2.45, 2.75) is 20.3 Å². The molecule has 3 rings (SSSR count). The third-order valence-corrected chi connectivity index (χ3v) is 5.38. The number of carbonyl (C=O) groups is 2. The van der Waals surface area contributed by atoms with Crippen molar-refractivity contribution in [1.82, 2.24) is 14.9 Å². The van der Waals surface area contributed by atoms with Crippen LogP contribution in [0.15, 0.2) is 41.9 Å². The third kappa shape index (κ3) is 5.23. The van der Waals surface area contributed by atoms with Crippen LogP contribution in [0.25, 0.3) is 0 Å². The molecule has 0 bridgehead atoms. The highest BCUT2D eigenvalue weighted by atomic mass is 32.1. The molecule has 1 aromatic carbocycles. The number of amides is 2. The van der Waals surface area contributed by atoms with Gasteiger partial charge in [-0.1, -0.05) is 6.07 Å². The highest BCUT2D eigenvalue weighted by Crippen LogP contribution is 2.18. The van der Waals surface area contributed by atoms with E-state index < -0.39 is 11.7 Å². The van der Waals surface area contributed by atoms with E-state index in [2.05, 4.69) is 15.3 Å². The fourth-order valence-corrected chi connectivity index (χ4v) is 3.58. The number of thiazole rings is 1. The predicted molar refractivity (Wildman–Crippen MR) is 111 cm³/mol. The molecule has 0 atom stereocenters. The lowest BCUT2D eigenvalue weighted by molar-refractivity contribution is 0.0796. The van der Waals surface area contributed by atoms with Gasteiger partial charge in [0.15, 0.2) is 0 Å². The zero-order valence-corrected chi connectivity index (χ0v) is 17.2. The molecule has 0 aliphatic carbocycles. The van der Waals surface area contributed by atoms with E-state index in [1.54, 1.807) is 49.0 Å². The molecule has 2 heterocycles. The molecule has 0 aliphatic heterocycles. The summed E-state index contributed by atoms with van der Waals surface area (Å²) in [7, 11) is 1.67. The van der Waals surface area contributed by atoms with Crippen LogP contribution < -0.4 is 5.32 Å². The minimum atomic E-state index is -0.602. The normalized spacial score (nSPS) is 10.6. The van der Waals surface area contributed by atoms with E-state index in [-0.39, 0.29) is 22.9 Å². The lowest BCUT2D eigenvalue weighted by Crippen LogP contribution is -2.29. The van der Waals surface area contributed by atoms with Crippen molar-refractivity contribution in [3.63, 3.8) is 0 Å². The molecule has 0 unspecified atom stereocenters. The summed E-state index contributed by atoms with van der Waals surface area (Å²) < 4.78 is 14.1. The number of hydrogen-bond donors (Lipinski definition) is 1. The molecule has 8 heteroatoms. The van der Waals surface area contributed by atoms with E-state index in [0.29, 0.717) is 18.7 Å². The van der Waals surface area contributed by atoms with Gasteiger partial charge >= 0.3 is 0 Å². The molecule has 0 aliphatic rings. The van der Waals surface area contributed by atoms with Crippen LogP contribution in [-0.2, 0) is 6.42 Å². The Hall–Kier alpha value is -3.13. The number of rotatable bonds is 6. The van der Waals surface area contributed by atoms with Crippen LogP contribution in [0.3, 0.4) is 0 Å². The average Bonchev–Trinajstić information content (AvgIpc) is 3.09. The SMILES string of the molecule is Cc1cccc(C(=O)Nc2cc(F)cc(C(=O)N(C)CCc3scnc3C)c2)n1. The van der Waals surface area contributed by atoms with Crippen LogP contribution in [0.1, 0.15) is 37.1 Å². The molecular formula is C21H21FN4O2S. The summed E-state index contributed by atoms with van der Waals surface area (Å²) in [6.45, 7) is 4.19. The number of hydrogen-bond acceptors (Lipinski definition) is 5. The second-order valence-corrected chi connectivity index (χ2v) is 7.62. The van der Waals surface area contributed by atoms with Crippen molar-refractivity contribution in [3.8, 4) is 0 Å². The van der Waals surface area contributed by atoms with E-state index in [0.717, 1.165) is 16.6 Å². The number of likely N-dealkylation sites (N-methyl/N-ethyl adjacent to an activating group) is 1. The summed E-state index contributed by atoms with van der Waals surface area (Å²) >= 11 is 1.55. The number of nitrogens with zero attached hydrogens (tertiary/aromatic N) is 3. The van der Waals surface area contributed by atoms with Crippen LogP contribution in [0.5, 0.6) is 0 Å². The lowest BCUT2D eigenvalue weighted by Gasteiger charge is -2.17. The molecule has 2 amide bonds. The maximum atomic E-state index is 14.1. The fourth-order valence-electron chi connectivity index (χ4n) is 2.81. The van der Waals surface area contributed by atoms with E-state index in [1.165, 1.54) is 17.0 Å². The third-order valence-electron chi connectivity index (χ3n) is 4.39. The summed E-state index contributed by atoms with van der Waals surface area (Å²) in [5.74, 6) is -1.39. The molecule has 0 spiro atoms. The molecule has 0 radical (unpaired) electrons. The number of aromatic nitrogens is 2. The van der Waals surface area contributed by atoms with Crippen LogP contribution in [0.4, 0.5) is 10.1 Å². The first-order valence-corrected chi connectivity index (χ1v) is 9.91. The fraction of sp³-hybridized carbons (Fsp3) is 0.238. The number of nitrogens with one attached hydrogen (secondary N) is 1. The van der Waals surface area contributed by atoms with Gasteiger partial charge in [0.2, 0.25) is 0 Å². The topological polar surface area (TPSA) is 75.2 Å². The van der Waals surface area contributed by atoms with Gasteiger partial charge in [-0.25, -0.2) is 14.4 Å². The minimum absolute atomic E-state index is 0.168. The molecule has 150 valence electrons. The summed E-state index contributed by atoms with van der Waals surface area (Å²) in [4.78, 5) is 36.1. The quantitative estimate of drug-likeness (QED) is 0.667. The van der Waals surface area contributed by atoms with Gasteiger partial charge in [-0.2, -0.15) is 0 Å². The molecule has 29 heavy (non-hydrogen) atoms. The molecule has 3 aromatic rings. The Labute approximate surface area is 172 Å². The zero-order chi connectivity index (χ0) is 21.0. The van der Waals surface area contributed by atoms with E-state index in [4.69, 9.17) is 0 Å². The number of anilines is 1. The molecule has 6 nitrogen and oxygen atoms in total. The van der Waals surface area contributed by atoms with Gasteiger partial charge in [0.1, 0.15) is 11.5 Å². The van der Waals surface area contributed by atoms with Crippen molar-refractivity contribution >= 4 is 28.8 Å². The zero-order valence-electron chi connectivity index (χ0n) is 16.4. The summed E-state index contributed by atoms with van der Waals surface area (Å²) in [5, 5.41) is 2.60. The van der Waals surface area contributed by atoms with Gasteiger partial charge in [0, 0.05) is 41.8 Å². The second kappa shape index (κ2) is 8.91. The largest absolute Gasteiger partial charge is 0.341 e. The molecule has 0 saturated heterocycles. The Morgan fingerprint density at radius 3 is 2.69 bits per heavy atom. The number of pyridine rings is 1. The molecule has 0 fully saturated rings. The van der Waals surface area contributed by atoms with E-state index in [1.807, 2.05) is 6.92 Å². The Morgan fingerprint density at radius 2 is 2.00 bits per heavy atom. The summed E-state index contributed by atoms with van der Waals surface area (Å²) in [5.41, 5.74) is 4.02. The maximum absolute atomic E-state index is 14.1. The van der Waals surface area contributed by atoms with Gasteiger partial charge < -0.3 is 10.2 Å². The number of halogens is 1. The number of carbonyl (C=O) groups excluding carboxylic acids is 2. The molecule has 2 aromatic heterocycles. The monoisotopic (exact) mass is 412 g/mol. The minimum Gasteiger partial charge on any atom is -0.341 e. The van der Waals surface area contributed by atoms with Gasteiger partial charge in [0.25, 0.3) is 11.8 Å². The predicted octanol–water partition coefficient (Wildman–Crippen LogP) is 3.86. The first-order chi connectivity index (χ1) is 13.8. The summed E-state index contributed by atoms with van der Waals surface area (Å²) in [6.07, 6.45) is 0.677. The highest BCUT2D eigenvalue weighted by molar-refractivity contribution is 7.09. The van der Waals surface area contributed by atoms with Crippen LogP contribution in [0, 0.1) is 19.7 Å². The first kappa shape index (κ1) is 20.6. The van der Waals surface area contributed by atoms with Gasteiger partial charge in [-0.05, 0) is 44.2 Å². The summed E-state index contributed by atoms with van der Waals surface area (Å²) in [6, 6.07) is 8.87. The Kier molecular flexibility index (Phi) is 6.33. The van der Waals surface area contributed by atoms with Gasteiger partial charge in [-0.15, -0.1) is 11.3 Å². The molecular weight excluding hydrogens is 391 g/mol. The van der Waals surface area contributed by atoms with Crippen molar-refractivity contribution < 1.29 is 14.0 Å². The molecule has 0 saturated carbocycles. The standard InChI is InChI=1S/C21H21FN4O2S/c1-13-5-4-6-18(24-13)20(27)25-17-10-15(9-16(22)11-17)21(28)26(3)8-7-19-14(2)23-12-29-19/h4-6,9-12H,7-8H2,1-3H3,(H,25,27). The maximum Gasteiger partial charge on any atom is 0.274 e. The van der Waals surface area contributed by atoms with Gasteiger partial charge in [-0.3, -0.25) is 9.59 Å². The van der Waals surface area contributed by atoms with E-state index >= 15 is 0 Å². The Bertz CT molecular complexity index is 1050. The number of aryl methyl sites for hydroxylation is 2. The van der Waals surface area contributed by atoms with Crippen LogP contribution in [-0.4, -0.2) is 40.3 Å². The smallest absolute Gasteiger partial charge is 0.274 e. The Morgan fingerprint density at radius 1 is 1.21 bits per heavy atom. The first-order valence-electron chi connectivity index (χ1n) is 9.03. The molecule has 1 N–H and O–H groups in total. The lowest BCUT2D eigenvalue weighted by atomic mass is 10.1. The Balaban J connectivity index is 1.71. The highest BCUT2D eigenvalue weighted by Gasteiger charge is 2.16.